The van der Waals surface area contributed by atoms with Crippen LogP contribution in [-0.4, -0.2) is 12.6 Å². The van der Waals surface area contributed by atoms with E-state index in [9.17, 15) is 9.59 Å². The van der Waals surface area contributed by atoms with Crippen LogP contribution in [0.2, 0.25) is 0 Å². The van der Waals surface area contributed by atoms with Crippen LogP contribution < -0.4 is 0 Å². The van der Waals surface area contributed by atoms with Gasteiger partial charge in [-0.3, -0.25) is 0 Å². The fraction of sp³-hybridized carbons (Fsp3) is 0.0476. The van der Waals surface area contributed by atoms with E-state index in [2.05, 4.69) is 6.58 Å². The third-order valence-corrected chi connectivity index (χ3v) is 2.87. The lowest BCUT2D eigenvalue weighted by Gasteiger charge is -1.85. The van der Waals surface area contributed by atoms with Gasteiger partial charge in [0.2, 0.25) is 0 Å². The van der Waals surface area contributed by atoms with E-state index in [0.29, 0.717) is 34.8 Å². The van der Waals surface area contributed by atoms with Crippen molar-refractivity contribution in [3.8, 4) is 24.3 Å². The van der Waals surface area contributed by atoms with Gasteiger partial charge in [0, 0.05) is 0 Å². The number of hydrogen-bond acceptors (Lipinski definition) is 6. The second-order valence-electron chi connectivity index (χ2n) is 4.69. The lowest BCUT2D eigenvalue weighted by molar-refractivity contribution is -0.117. The fourth-order valence-electron chi connectivity index (χ4n) is 1.38. The molecule has 6 nitrogen and oxygen atoms in total. The third kappa shape index (κ3) is 9.38. The minimum Gasteiger partial charge on any atom is -0.302 e. The maximum absolute atomic E-state index is 9.66. The Kier molecular flexibility index (Phi) is 11.6. The zero-order chi connectivity index (χ0) is 20.5. The standard InChI is InChI=1S/2C8H4N2.C5H6O2/c2*9-5-7-1-2-8(6-10)4-3-7;1-2-5(3-6)4-7/h2*1-4H;2-5H,1H2. The molecule has 0 aliphatic rings. The van der Waals surface area contributed by atoms with Crippen molar-refractivity contribution in [2.24, 2.45) is 5.92 Å². The van der Waals surface area contributed by atoms with Crippen LogP contribution >= 0.6 is 0 Å². The van der Waals surface area contributed by atoms with E-state index in [-0.39, 0.29) is 0 Å². The molecule has 0 aliphatic carbocycles. The summed E-state index contributed by atoms with van der Waals surface area (Å²) in [6.07, 6.45) is 2.38. The molecule has 0 atom stereocenters. The van der Waals surface area contributed by atoms with Gasteiger partial charge in [-0.05, 0) is 48.5 Å². The Labute approximate surface area is 157 Å². The van der Waals surface area contributed by atoms with Crippen molar-refractivity contribution < 1.29 is 9.59 Å². The monoisotopic (exact) mass is 354 g/mol. The minimum absolute atomic E-state index is 0.542. The topological polar surface area (TPSA) is 129 Å². The Morgan fingerprint density at radius 1 is 0.630 bits per heavy atom. The zero-order valence-corrected chi connectivity index (χ0v) is 14.2. The summed E-state index contributed by atoms with van der Waals surface area (Å²) < 4.78 is 0. The highest BCUT2D eigenvalue weighted by atomic mass is 16.1. The lowest BCUT2D eigenvalue weighted by atomic mass is 10.2. The second kappa shape index (κ2) is 13.9. The number of carbonyl (C=O) groups excluding carboxylic acids is 2. The Hall–Kier alpha value is -4.52. The van der Waals surface area contributed by atoms with Crippen LogP contribution in [-0.2, 0) is 9.59 Å². The Morgan fingerprint density at radius 3 is 0.926 bits per heavy atom. The number of rotatable bonds is 3. The molecule has 0 spiro atoms. The molecule has 0 aromatic heterocycles. The summed E-state index contributed by atoms with van der Waals surface area (Å²) in [6.45, 7) is 3.24. The molecule has 6 heteroatoms. The van der Waals surface area contributed by atoms with Gasteiger partial charge in [0.05, 0.1) is 52.4 Å². The summed E-state index contributed by atoms with van der Waals surface area (Å²) in [5.41, 5.74) is 2.33. The molecule has 0 saturated heterocycles. The third-order valence-electron chi connectivity index (χ3n) is 2.87. The van der Waals surface area contributed by atoms with E-state index in [1.54, 1.807) is 48.5 Å². The maximum Gasteiger partial charge on any atom is 0.133 e. The van der Waals surface area contributed by atoms with Crippen molar-refractivity contribution in [1.29, 1.82) is 21.0 Å². The Morgan fingerprint density at radius 2 is 0.852 bits per heavy atom. The van der Waals surface area contributed by atoms with Gasteiger partial charge in [-0.1, -0.05) is 6.08 Å². The highest BCUT2D eigenvalue weighted by Gasteiger charge is 1.93. The van der Waals surface area contributed by atoms with Gasteiger partial charge in [-0.25, -0.2) is 0 Å². The predicted molar refractivity (Wildman–Crippen MR) is 97.6 cm³/mol. The van der Waals surface area contributed by atoms with Crippen LogP contribution in [0.1, 0.15) is 22.3 Å². The van der Waals surface area contributed by atoms with Crippen molar-refractivity contribution in [2.75, 3.05) is 0 Å². The first kappa shape index (κ1) is 22.5. The van der Waals surface area contributed by atoms with Crippen LogP contribution in [0.3, 0.4) is 0 Å². The summed E-state index contributed by atoms with van der Waals surface area (Å²) in [5, 5.41) is 33.5. The molecule has 0 aliphatic heterocycles. The normalized spacial score (nSPS) is 7.89. The maximum atomic E-state index is 9.66. The molecule has 0 N–H and O–H groups in total. The molecule has 0 bridgehead atoms. The first-order chi connectivity index (χ1) is 13.1. The van der Waals surface area contributed by atoms with Crippen LogP contribution in [0.5, 0.6) is 0 Å². The van der Waals surface area contributed by atoms with E-state index < -0.39 is 5.92 Å². The molecule has 0 unspecified atom stereocenters. The number of allylic oxidation sites excluding steroid dienone is 1. The molecule has 2 aromatic carbocycles. The van der Waals surface area contributed by atoms with Gasteiger partial charge in [0.25, 0.3) is 0 Å². The molecule has 0 fully saturated rings. The highest BCUT2D eigenvalue weighted by molar-refractivity contribution is 5.79. The molecule has 2 aromatic rings. The first-order valence-corrected chi connectivity index (χ1v) is 7.42. The number of benzene rings is 2. The van der Waals surface area contributed by atoms with Crippen molar-refractivity contribution in [1.82, 2.24) is 0 Å². The average Bonchev–Trinajstić information content (AvgIpc) is 2.76. The number of aldehydes is 2. The average molecular weight is 354 g/mol. The van der Waals surface area contributed by atoms with Crippen LogP contribution in [0.15, 0.2) is 61.2 Å². The van der Waals surface area contributed by atoms with Crippen LogP contribution in [0, 0.1) is 51.2 Å². The molecule has 2 rings (SSSR count). The molecular formula is C21H14N4O2. The number of nitrogens with zero attached hydrogens (tertiary/aromatic N) is 4. The number of carbonyl (C=O) groups is 2. The van der Waals surface area contributed by atoms with Gasteiger partial charge < -0.3 is 9.59 Å². The largest absolute Gasteiger partial charge is 0.302 e. The molecule has 0 radical (unpaired) electrons. The smallest absolute Gasteiger partial charge is 0.133 e. The lowest BCUT2D eigenvalue weighted by Crippen LogP contribution is -1.96. The van der Waals surface area contributed by atoms with Crippen molar-refractivity contribution in [3.63, 3.8) is 0 Å². The Bertz CT molecular complexity index is 767. The molecule has 27 heavy (non-hydrogen) atoms. The quantitative estimate of drug-likeness (QED) is 0.473. The number of nitriles is 4. The van der Waals surface area contributed by atoms with Gasteiger partial charge >= 0.3 is 0 Å². The molecule has 130 valence electrons. The summed E-state index contributed by atoms with van der Waals surface area (Å²) in [4.78, 5) is 19.3. The van der Waals surface area contributed by atoms with Crippen LogP contribution in [0.25, 0.3) is 0 Å². The van der Waals surface area contributed by atoms with E-state index in [1.807, 2.05) is 24.3 Å². The minimum atomic E-state index is -0.611. The van der Waals surface area contributed by atoms with Gasteiger partial charge in [0.15, 0.2) is 0 Å². The van der Waals surface area contributed by atoms with E-state index in [0.717, 1.165) is 0 Å². The summed E-state index contributed by atoms with van der Waals surface area (Å²) >= 11 is 0. The van der Waals surface area contributed by atoms with Crippen molar-refractivity contribution in [3.05, 3.63) is 83.4 Å². The molecule has 0 amide bonds. The van der Waals surface area contributed by atoms with E-state index in [4.69, 9.17) is 21.0 Å². The number of hydrogen-bond donors (Lipinski definition) is 0. The second-order valence-corrected chi connectivity index (χ2v) is 4.69. The van der Waals surface area contributed by atoms with E-state index >= 15 is 0 Å². The predicted octanol–water partition coefficient (Wildman–Crippen LogP) is 3.05. The van der Waals surface area contributed by atoms with Crippen molar-refractivity contribution in [2.45, 2.75) is 0 Å². The summed E-state index contributed by atoms with van der Waals surface area (Å²) in [5.74, 6) is -0.611. The first-order valence-electron chi connectivity index (χ1n) is 7.42. The van der Waals surface area contributed by atoms with Crippen LogP contribution in [0.4, 0.5) is 0 Å². The Balaban J connectivity index is 0.000000384. The summed E-state index contributed by atoms with van der Waals surface area (Å²) in [6, 6.07) is 20.9. The highest BCUT2D eigenvalue weighted by Crippen LogP contribution is 2.01. The SMILES string of the molecule is C=CC(C=O)C=O.N#Cc1ccc(C#N)cc1.N#Cc1ccc(C#N)cc1. The summed E-state index contributed by atoms with van der Waals surface area (Å²) in [7, 11) is 0. The zero-order valence-electron chi connectivity index (χ0n) is 14.2. The molecule has 0 saturated carbocycles. The van der Waals surface area contributed by atoms with Gasteiger partial charge in [-0.2, -0.15) is 21.0 Å². The fourth-order valence-corrected chi connectivity index (χ4v) is 1.38. The van der Waals surface area contributed by atoms with Gasteiger partial charge in [0.1, 0.15) is 12.6 Å². The van der Waals surface area contributed by atoms with Crippen molar-refractivity contribution >= 4 is 12.6 Å². The molecular weight excluding hydrogens is 340 g/mol. The van der Waals surface area contributed by atoms with E-state index in [1.165, 1.54) is 6.08 Å². The molecule has 0 heterocycles. The van der Waals surface area contributed by atoms with Gasteiger partial charge in [-0.15, -0.1) is 6.58 Å².